The molecular formula is C111H124BrFN10O20. The first-order chi connectivity index (χ1) is 68.8. The number of aryl methyl sites for hydroxylation is 5. The Morgan fingerprint density at radius 3 is 1.10 bits per heavy atom. The Morgan fingerprint density at radius 2 is 0.727 bits per heavy atom. The van der Waals surface area contributed by atoms with Crippen molar-refractivity contribution in [1.29, 1.82) is 0 Å². The number of amides is 8. The molecule has 1 unspecified atom stereocenters. The second kappa shape index (κ2) is 63.0. The third kappa shape index (κ3) is 43.0. The molecular weight excluding hydrogens is 1890 g/mol. The molecule has 10 aromatic carbocycles. The first kappa shape index (κ1) is 115. The van der Waals surface area contributed by atoms with Crippen LogP contribution in [0.1, 0.15) is 225 Å². The van der Waals surface area contributed by atoms with E-state index in [2.05, 4.69) is 53.8 Å². The van der Waals surface area contributed by atoms with Crippen LogP contribution in [0.4, 0.5) is 4.39 Å². The van der Waals surface area contributed by atoms with Crippen LogP contribution >= 0.6 is 15.9 Å². The van der Waals surface area contributed by atoms with Gasteiger partial charge in [0.1, 0.15) is 34.7 Å². The van der Waals surface area contributed by atoms with Crippen LogP contribution in [0.2, 0.25) is 0 Å². The number of ketones is 4. The quantitative estimate of drug-likeness (QED) is 0.0125. The SMILES string of the molecule is CC(C)CC(Cc1ccc(C(=O)NO)cc1)C(=O)Cc1ccccc1.CCCCN(Cc1ccc(C(=O)NO)cc1)C(=O)Cc1ccc(Br)cc1.CCCCN(Cc1ccc(C(=O)NO)cc1)C(=O)Cc1cccc(F)c1.Cc1cc(CC(=O)CCc2ccc(C(=O)NO)cc2)no1.Cc1ccnc(CC(=O)CCc2ccc(C(=O)NO)cc2)c1.O=C(CCc1ccc(C(=O)NO)cc1)Cc1ccc(CO)cc1. The van der Waals surface area contributed by atoms with Crippen LogP contribution in [-0.2, 0) is 113 Å². The van der Waals surface area contributed by atoms with E-state index < -0.39 is 35.4 Å². The maximum atomic E-state index is 13.3. The summed E-state index contributed by atoms with van der Waals surface area (Å²) in [5.74, 6) is -1.99. The third-order valence-electron chi connectivity index (χ3n) is 22.4. The number of hydrogen-bond acceptors (Lipinski definition) is 22. The van der Waals surface area contributed by atoms with E-state index in [9.17, 15) is 61.9 Å². The molecule has 143 heavy (non-hydrogen) atoms. The summed E-state index contributed by atoms with van der Waals surface area (Å²) in [5, 5.41) is 64.4. The van der Waals surface area contributed by atoms with Gasteiger partial charge in [0.15, 0.2) is 0 Å². The van der Waals surface area contributed by atoms with Gasteiger partial charge >= 0.3 is 0 Å². The van der Waals surface area contributed by atoms with Crippen LogP contribution in [0.15, 0.2) is 282 Å². The molecule has 0 aliphatic rings. The van der Waals surface area contributed by atoms with Crippen LogP contribution in [0.25, 0.3) is 0 Å². The molecule has 8 amide bonds. The Morgan fingerprint density at radius 1 is 0.378 bits per heavy atom. The molecule has 13 N–H and O–H groups in total. The zero-order valence-corrected chi connectivity index (χ0v) is 82.5. The van der Waals surface area contributed by atoms with Gasteiger partial charge in [0.05, 0.1) is 31.6 Å². The highest BCUT2D eigenvalue weighted by molar-refractivity contribution is 9.10. The predicted molar refractivity (Wildman–Crippen MR) is 538 cm³/mol. The highest BCUT2D eigenvalue weighted by Gasteiger charge is 2.23. The molecule has 0 radical (unpaired) electrons. The van der Waals surface area contributed by atoms with Crippen molar-refractivity contribution in [2.24, 2.45) is 11.8 Å². The molecule has 12 rings (SSSR count). The van der Waals surface area contributed by atoms with Gasteiger partial charge < -0.3 is 19.4 Å². The number of unbranched alkanes of at least 4 members (excludes halogenated alkanes) is 2. The summed E-state index contributed by atoms with van der Waals surface area (Å²) in [6.07, 6.45) is 12.0. The number of Topliss-reactive ketones (excluding diaryl/α,β-unsaturated/α-hetero) is 4. The molecule has 0 fully saturated rings. The van der Waals surface area contributed by atoms with E-state index in [0.717, 1.165) is 103 Å². The van der Waals surface area contributed by atoms with E-state index in [0.29, 0.717) is 153 Å². The van der Waals surface area contributed by atoms with Crippen molar-refractivity contribution in [3.05, 3.63) is 401 Å². The fourth-order valence-electron chi connectivity index (χ4n) is 14.5. The van der Waals surface area contributed by atoms with Crippen molar-refractivity contribution in [3.63, 3.8) is 0 Å². The normalized spacial score (nSPS) is 10.7. The molecule has 30 nitrogen and oxygen atoms in total. The standard InChI is InChI=1S/C21H25NO3.C20H23BrN2O3.C20H23FN2O3.C18H19NO4.C17H18N2O3.C15H16N2O4/c1-15(2)12-19(20(23)14-16-6-4-3-5-7-16)13-17-8-10-18(11-9-17)21(24)22-25;1-2-3-12-23(19(24)13-15-6-10-18(21)11-7-15)14-16-4-8-17(9-5-16)20(25)22-26;1-2-3-11-23(19(24)13-16-5-4-6-18(21)12-16)14-15-7-9-17(10-8-15)20(25)22-26;20-12-15-3-1-14(2-4-15)11-17(21)10-7-13-5-8-16(9-6-13)18(22)19-23;1-12-8-9-18-15(10-12)11-16(20)7-4-13-2-5-14(6-3-13)17(21)19-22;1-10-8-13(17-21-10)9-14(18)7-4-11-2-5-12(6-3-11)15(19)16-20/h3-11,15,19,25H,12-14H2,1-2H3,(H,22,24);4-11,26H,2-3,12-14H2,1H3,(H,22,25);4-10,12,26H,2-3,11,13-14H2,1H3,(H,22,25);1-6,8-9,20,23H,7,10-12H2,(H,19,22);2-3,5-6,8-10,22H,4,7,11H2,1H3,(H,19,21);2-3,5-6,8,20H,4,7,9H2,1H3,(H,16,19). The van der Waals surface area contributed by atoms with Gasteiger partial charge in [0, 0.05) is 126 Å². The average Bonchev–Trinajstić information content (AvgIpc) is 1.12. The Kier molecular flexibility index (Phi) is 50.7. The average molecular weight is 2020 g/mol. The zero-order chi connectivity index (χ0) is 104. The molecule has 0 aliphatic carbocycles. The van der Waals surface area contributed by atoms with E-state index in [1.165, 1.54) is 12.1 Å². The number of carbonyl (C=O) groups excluding carboxylic acids is 12. The summed E-state index contributed by atoms with van der Waals surface area (Å²) in [6, 6.07) is 77.4. The molecule has 0 saturated heterocycles. The van der Waals surface area contributed by atoms with E-state index in [-0.39, 0.29) is 66.1 Å². The van der Waals surface area contributed by atoms with E-state index in [4.69, 9.17) is 40.9 Å². The monoisotopic (exact) mass is 2010 g/mol. The van der Waals surface area contributed by atoms with E-state index >= 15 is 0 Å². The van der Waals surface area contributed by atoms with Gasteiger partial charge in [0.2, 0.25) is 11.8 Å². The molecule has 2 aromatic heterocycles. The van der Waals surface area contributed by atoms with Crippen molar-refractivity contribution in [3.8, 4) is 0 Å². The van der Waals surface area contributed by atoms with Crippen LogP contribution in [0.5, 0.6) is 0 Å². The van der Waals surface area contributed by atoms with Crippen LogP contribution in [-0.4, -0.2) is 140 Å². The molecule has 0 spiro atoms. The zero-order valence-electron chi connectivity index (χ0n) is 80.9. The minimum absolute atomic E-state index is 0.00146. The maximum absolute atomic E-state index is 13.3. The number of aliphatic hydroxyl groups excluding tert-OH is 1. The second-order valence-corrected chi connectivity index (χ2v) is 35.2. The molecule has 752 valence electrons. The van der Waals surface area contributed by atoms with Crippen molar-refractivity contribution in [1.82, 2.24) is 52.8 Å². The lowest BCUT2D eigenvalue weighted by molar-refractivity contribution is -0.132. The summed E-state index contributed by atoms with van der Waals surface area (Å²) in [5.41, 5.74) is 24.4. The van der Waals surface area contributed by atoms with Crippen molar-refractivity contribution >= 4 is 86.3 Å². The summed E-state index contributed by atoms with van der Waals surface area (Å²) in [7, 11) is 0. The minimum atomic E-state index is -0.582. The van der Waals surface area contributed by atoms with Gasteiger partial charge in [-0.3, -0.25) is 93.8 Å². The Labute approximate surface area is 839 Å². The molecule has 0 aliphatic heterocycles. The lowest BCUT2D eigenvalue weighted by Crippen LogP contribution is -2.32. The highest BCUT2D eigenvalue weighted by atomic mass is 79.9. The predicted octanol–water partition coefficient (Wildman–Crippen LogP) is 17.2. The summed E-state index contributed by atoms with van der Waals surface area (Å²) < 4.78 is 19.2. The number of aromatic nitrogens is 2. The third-order valence-corrected chi connectivity index (χ3v) is 23.0. The lowest BCUT2D eigenvalue weighted by Gasteiger charge is -2.23. The molecule has 0 bridgehead atoms. The number of benzene rings is 10. The molecule has 1 atom stereocenters. The number of pyridine rings is 1. The maximum Gasteiger partial charge on any atom is 0.274 e. The van der Waals surface area contributed by atoms with Gasteiger partial charge in [0.25, 0.3) is 35.4 Å². The van der Waals surface area contributed by atoms with Crippen LogP contribution in [0.3, 0.4) is 0 Å². The minimum Gasteiger partial charge on any atom is -0.392 e. The van der Waals surface area contributed by atoms with Crippen LogP contribution < -0.4 is 32.9 Å². The van der Waals surface area contributed by atoms with Gasteiger partial charge in [-0.25, -0.2) is 37.3 Å². The van der Waals surface area contributed by atoms with E-state index in [1.807, 2.05) is 115 Å². The number of rotatable bonds is 43. The summed E-state index contributed by atoms with van der Waals surface area (Å²) >= 11 is 3.40. The van der Waals surface area contributed by atoms with Gasteiger partial charge in [-0.2, -0.15) is 0 Å². The fourth-order valence-corrected chi connectivity index (χ4v) is 14.8. The second-order valence-electron chi connectivity index (χ2n) is 34.3. The fraction of sp³-hybridized carbons (Fsp3) is 0.279. The highest BCUT2D eigenvalue weighted by Crippen LogP contribution is 2.24. The first-order valence-electron chi connectivity index (χ1n) is 46.7. The number of halogens is 2. The lowest BCUT2D eigenvalue weighted by atomic mass is 9.85. The number of hydrogen-bond donors (Lipinski definition) is 13. The molecule has 2 heterocycles. The van der Waals surface area contributed by atoms with Crippen molar-refractivity contribution < 1.29 is 103 Å². The number of hydroxylamine groups is 6. The largest absolute Gasteiger partial charge is 0.392 e. The summed E-state index contributed by atoms with van der Waals surface area (Å²) in [4.78, 5) is 150. The van der Waals surface area contributed by atoms with Gasteiger partial charge in [-0.1, -0.05) is 213 Å². The Balaban J connectivity index is 0.000000233. The van der Waals surface area contributed by atoms with Crippen molar-refractivity contribution in [2.45, 2.75) is 177 Å². The topological polar surface area (TPSA) is 464 Å². The number of nitrogens with one attached hydrogen (secondary N) is 6. The molecule has 32 heteroatoms. The summed E-state index contributed by atoms with van der Waals surface area (Å²) in [6.45, 7) is 14.4. The molecule has 0 saturated carbocycles. The van der Waals surface area contributed by atoms with Crippen LogP contribution in [0, 0.1) is 31.5 Å². The smallest absolute Gasteiger partial charge is 0.274 e. The number of aliphatic hydroxyl groups is 1. The van der Waals surface area contributed by atoms with Crippen molar-refractivity contribution in [2.75, 3.05) is 13.1 Å². The Hall–Kier alpha value is -14.9. The first-order valence-corrected chi connectivity index (χ1v) is 47.5. The van der Waals surface area contributed by atoms with Gasteiger partial charge in [-0.05, 0) is 241 Å². The number of nitrogens with zero attached hydrogens (tertiary/aromatic N) is 4. The number of carbonyl (C=O) groups is 12. The van der Waals surface area contributed by atoms with E-state index in [1.54, 1.807) is 203 Å². The molecule has 12 aromatic rings. The van der Waals surface area contributed by atoms with Gasteiger partial charge in [-0.15, -0.1) is 0 Å². The Bertz CT molecular complexity index is 6040.